The van der Waals surface area contributed by atoms with Crippen molar-refractivity contribution >= 4 is 17.6 Å². The summed E-state index contributed by atoms with van der Waals surface area (Å²) in [5.74, 6) is -1.31. The van der Waals surface area contributed by atoms with Gasteiger partial charge in [-0.3, -0.25) is 4.79 Å². The molecule has 0 fully saturated rings. The molecule has 0 unspecified atom stereocenters. The maximum atomic E-state index is 12.9. The van der Waals surface area contributed by atoms with Crippen molar-refractivity contribution < 1.29 is 32.2 Å². The van der Waals surface area contributed by atoms with Crippen molar-refractivity contribution in [3.05, 3.63) is 59.7 Å². The number of carbonyl (C=O) groups is 2. The van der Waals surface area contributed by atoms with Gasteiger partial charge in [-0.05, 0) is 36.4 Å². The van der Waals surface area contributed by atoms with E-state index in [0.29, 0.717) is 11.4 Å². The first kappa shape index (κ1) is 18.3. The molecule has 2 aromatic rings. The number of amides is 1. The van der Waals surface area contributed by atoms with Crippen molar-refractivity contribution in [2.45, 2.75) is 6.18 Å². The number of halogens is 3. The van der Waals surface area contributed by atoms with E-state index in [1.165, 1.54) is 13.2 Å². The third-order valence-electron chi connectivity index (χ3n) is 3.16. The van der Waals surface area contributed by atoms with Crippen LogP contribution in [0.4, 0.5) is 18.9 Å². The van der Waals surface area contributed by atoms with Gasteiger partial charge in [-0.25, -0.2) is 4.79 Å². The van der Waals surface area contributed by atoms with Gasteiger partial charge in [0.25, 0.3) is 5.91 Å². The van der Waals surface area contributed by atoms with Crippen molar-refractivity contribution in [3.8, 4) is 5.75 Å². The van der Waals surface area contributed by atoms with Gasteiger partial charge in [0.15, 0.2) is 6.61 Å². The zero-order valence-electron chi connectivity index (χ0n) is 13.1. The molecule has 8 heteroatoms. The molecule has 0 aliphatic carbocycles. The average Bonchev–Trinajstić information content (AvgIpc) is 2.59. The lowest BCUT2D eigenvalue weighted by Gasteiger charge is -2.12. The van der Waals surface area contributed by atoms with Crippen LogP contribution in [-0.4, -0.2) is 25.6 Å². The molecular formula is C17H14F3NO4. The van der Waals surface area contributed by atoms with E-state index in [-0.39, 0.29) is 0 Å². The summed E-state index contributed by atoms with van der Waals surface area (Å²) in [4.78, 5) is 23.6. The third-order valence-corrected chi connectivity index (χ3v) is 3.16. The zero-order valence-corrected chi connectivity index (χ0v) is 13.1. The van der Waals surface area contributed by atoms with Crippen LogP contribution < -0.4 is 10.1 Å². The summed E-state index contributed by atoms with van der Waals surface area (Å²) in [5, 5.41) is 2.45. The van der Waals surface area contributed by atoms with Crippen LogP contribution in [0.5, 0.6) is 5.75 Å². The van der Waals surface area contributed by atoms with Crippen LogP contribution in [0.2, 0.25) is 0 Å². The van der Waals surface area contributed by atoms with E-state index in [9.17, 15) is 22.8 Å². The topological polar surface area (TPSA) is 64.6 Å². The highest BCUT2D eigenvalue weighted by atomic mass is 19.4. The molecule has 25 heavy (non-hydrogen) atoms. The summed E-state index contributed by atoms with van der Waals surface area (Å²) in [7, 11) is 1.49. The Bertz CT molecular complexity index is 757. The fraction of sp³-hybridized carbons (Fsp3) is 0.176. The van der Waals surface area contributed by atoms with E-state index in [0.717, 1.165) is 18.2 Å². The Labute approximate surface area is 141 Å². The molecule has 2 aromatic carbocycles. The number of methoxy groups -OCH3 is 1. The first-order chi connectivity index (χ1) is 11.8. The number of hydrogen-bond donors (Lipinski definition) is 1. The molecule has 132 valence electrons. The van der Waals surface area contributed by atoms with Crippen LogP contribution in [-0.2, 0) is 15.7 Å². The first-order valence-corrected chi connectivity index (χ1v) is 7.08. The number of rotatable bonds is 5. The predicted octanol–water partition coefficient (Wildman–Crippen LogP) is 3.51. The molecule has 5 nitrogen and oxygen atoms in total. The van der Waals surface area contributed by atoms with Gasteiger partial charge in [-0.15, -0.1) is 0 Å². The van der Waals surface area contributed by atoms with Crippen LogP contribution in [0.3, 0.4) is 0 Å². The molecule has 0 bridgehead atoms. The Balaban J connectivity index is 1.96. The number of ether oxygens (including phenoxy) is 2. The summed E-state index contributed by atoms with van der Waals surface area (Å²) in [6.45, 7) is -0.711. The van der Waals surface area contributed by atoms with Crippen LogP contribution in [0.25, 0.3) is 0 Å². The largest absolute Gasteiger partial charge is 0.497 e. The minimum absolute atomic E-state index is 0.428. The number of benzene rings is 2. The number of hydrogen-bond acceptors (Lipinski definition) is 4. The third kappa shape index (κ3) is 4.97. The highest BCUT2D eigenvalue weighted by molar-refractivity contribution is 5.96. The molecular weight excluding hydrogens is 339 g/mol. The molecule has 0 aliphatic heterocycles. The average molecular weight is 353 g/mol. The fourth-order valence-electron chi connectivity index (χ4n) is 1.99. The molecule has 0 saturated carbocycles. The lowest BCUT2D eigenvalue weighted by molar-refractivity contribution is -0.138. The van der Waals surface area contributed by atoms with E-state index in [1.807, 2.05) is 0 Å². The smallest absolute Gasteiger partial charge is 0.417 e. The van der Waals surface area contributed by atoms with Gasteiger partial charge in [-0.1, -0.05) is 12.1 Å². The molecule has 0 saturated heterocycles. The normalized spacial score (nSPS) is 10.9. The SMILES string of the molecule is COc1ccc(NC(=O)COC(=O)c2ccccc2C(F)(F)F)cc1. The summed E-state index contributed by atoms with van der Waals surface area (Å²) in [6.07, 6.45) is -4.69. The quantitative estimate of drug-likeness (QED) is 0.836. The maximum absolute atomic E-state index is 12.9. The second kappa shape index (κ2) is 7.69. The highest BCUT2D eigenvalue weighted by Gasteiger charge is 2.35. The molecule has 1 N–H and O–H groups in total. The lowest BCUT2D eigenvalue weighted by Crippen LogP contribution is -2.22. The minimum Gasteiger partial charge on any atom is -0.497 e. The maximum Gasteiger partial charge on any atom is 0.417 e. The molecule has 0 spiro atoms. The van der Waals surface area contributed by atoms with E-state index in [4.69, 9.17) is 4.74 Å². The number of alkyl halides is 3. The summed E-state index contributed by atoms with van der Waals surface area (Å²) >= 11 is 0. The van der Waals surface area contributed by atoms with Gasteiger partial charge in [0.05, 0.1) is 18.2 Å². The Morgan fingerprint density at radius 3 is 2.28 bits per heavy atom. The second-order valence-electron chi connectivity index (χ2n) is 4.90. The van der Waals surface area contributed by atoms with Crippen LogP contribution >= 0.6 is 0 Å². The highest BCUT2D eigenvalue weighted by Crippen LogP contribution is 2.32. The molecule has 0 aromatic heterocycles. The van der Waals surface area contributed by atoms with E-state index >= 15 is 0 Å². The Kier molecular flexibility index (Phi) is 5.63. The summed E-state index contributed by atoms with van der Waals surface area (Å²) < 4.78 is 48.2. The van der Waals surface area contributed by atoms with Crippen molar-refractivity contribution in [1.82, 2.24) is 0 Å². The number of nitrogens with one attached hydrogen (secondary N) is 1. The van der Waals surface area contributed by atoms with Gasteiger partial charge in [0, 0.05) is 5.69 Å². The Morgan fingerprint density at radius 2 is 1.68 bits per heavy atom. The van der Waals surface area contributed by atoms with Crippen LogP contribution in [0, 0.1) is 0 Å². The van der Waals surface area contributed by atoms with Crippen molar-refractivity contribution in [1.29, 1.82) is 0 Å². The predicted molar refractivity (Wildman–Crippen MR) is 83.4 cm³/mol. The molecule has 0 heterocycles. The van der Waals surface area contributed by atoms with Gasteiger partial charge in [0.2, 0.25) is 0 Å². The van der Waals surface area contributed by atoms with Gasteiger partial charge in [0.1, 0.15) is 5.75 Å². The molecule has 1 amide bonds. The number of carbonyl (C=O) groups excluding carboxylic acids is 2. The minimum atomic E-state index is -4.69. The number of esters is 1. The number of anilines is 1. The molecule has 0 atom stereocenters. The zero-order chi connectivity index (χ0) is 18.4. The Morgan fingerprint density at radius 1 is 1.04 bits per heavy atom. The monoisotopic (exact) mass is 353 g/mol. The molecule has 0 aliphatic rings. The first-order valence-electron chi connectivity index (χ1n) is 7.08. The molecule has 2 rings (SSSR count). The summed E-state index contributed by atoms with van der Waals surface area (Å²) in [5.41, 5.74) is -1.33. The summed E-state index contributed by atoms with van der Waals surface area (Å²) in [6, 6.07) is 10.6. The van der Waals surface area contributed by atoms with Crippen LogP contribution in [0.15, 0.2) is 48.5 Å². The van der Waals surface area contributed by atoms with Crippen LogP contribution in [0.1, 0.15) is 15.9 Å². The van der Waals surface area contributed by atoms with Gasteiger partial charge in [-0.2, -0.15) is 13.2 Å². The van der Waals surface area contributed by atoms with Crippen molar-refractivity contribution in [2.75, 3.05) is 19.0 Å². The van der Waals surface area contributed by atoms with E-state index in [2.05, 4.69) is 10.1 Å². The van der Waals surface area contributed by atoms with Gasteiger partial charge < -0.3 is 14.8 Å². The van der Waals surface area contributed by atoms with Crippen molar-refractivity contribution in [3.63, 3.8) is 0 Å². The lowest BCUT2D eigenvalue weighted by atomic mass is 10.1. The van der Waals surface area contributed by atoms with Crippen molar-refractivity contribution in [2.24, 2.45) is 0 Å². The Hall–Kier alpha value is -3.03. The molecule has 0 radical (unpaired) electrons. The van der Waals surface area contributed by atoms with E-state index < -0.39 is 35.8 Å². The standard InChI is InChI=1S/C17H14F3NO4/c1-24-12-8-6-11(7-9-12)21-15(22)10-25-16(23)13-4-2-3-5-14(13)17(18,19)20/h2-9H,10H2,1H3,(H,21,22). The van der Waals surface area contributed by atoms with Gasteiger partial charge >= 0.3 is 12.1 Å². The fourth-order valence-corrected chi connectivity index (χ4v) is 1.99. The second-order valence-corrected chi connectivity index (χ2v) is 4.90. The van der Waals surface area contributed by atoms with E-state index in [1.54, 1.807) is 24.3 Å².